The molecule has 1 aliphatic heterocycles. The monoisotopic (exact) mass is 289 g/mol. The lowest BCUT2D eigenvalue weighted by Gasteiger charge is -2.15. The van der Waals surface area contributed by atoms with Gasteiger partial charge in [0.2, 0.25) is 11.9 Å². The summed E-state index contributed by atoms with van der Waals surface area (Å²) in [6.45, 7) is 1.85. The highest BCUT2D eigenvalue weighted by Gasteiger charge is 2.17. The van der Waals surface area contributed by atoms with Crippen molar-refractivity contribution in [3.63, 3.8) is 0 Å². The Labute approximate surface area is 121 Å². The van der Waals surface area contributed by atoms with Gasteiger partial charge in [-0.05, 0) is 18.9 Å². The summed E-state index contributed by atoms with van der Waals surface area (Å²) < 4.78 is 19.0. The third kappa shape index (κ3) is 3.18. The molecule has 0 atom stereocenters. The molecule has 2 heterocycles. The SMILES string of the molecule is Nc1nc(OCc2ccccc2F)nc(N2CCCC2)n1. The Balaban J connectivity index is 1.74. The zero-order chi connectivity index (χ0) is 14.7. The van der Waals surface area contributed by atoms with Crippen molar-refractivity contribution in [3.8, 4) is 6.01 Å². The van der Waals surface area contributed by atoms with Crippen LogP contribution in [-0.4, -0.2) is 28.0 Å². The van der Waals surface area contributed by atoms with Crippen LogP contribution >= 0.6 is 0 Å². The van der Waals surface area contributed by atoms with Gasteiger partial charge < -0.3 is 15.4 Å². The molecule has 2 N–H and O–H groups in total. The van der Waals surface area contributed by atoms with E-state index < -0.39 is 0 Å². The largest absolute Gasteiger partial charge is 0.458 e. The topological polar surface area (TPSA) is 77.2 Å². The number of anilines is 2. The molecule has 110 valence electrons. The molecule has 1 fully saturated rings. The van der Waals surface area contributed by atoms with Crippen LogP contribution in [0.3, 0.4) is 0 Å². The fourth-order valence-electron chi connectivity index (χ4n) is 2.24. The minimum absolute atomic E-state index is 0.0512. The molecule has 0 amide bonds. The van der Waals surface area contributed by atoms with Gasteiger partial charge in [0.25, 0.3) is 0 Å². The molecular formula is C14H16FN5O. The normalized spacial score (nSPS) is 14.4. The van der Waals surface area contributed by atoms with Crippen LogP contribution in [0.2, 0.25) is 0 Å². The van der Waals surface area contributed by atoms with Gasteiger partial charge in [0.05, 0.1) is 0 Å². The smallest absolute Gasteiger partial charge is 0.323 e. The second-order valence-corrected chi connectivity index (χ2v) is 4.85. The molecular weight excluding hydrogens is 273 g/mol. The van der Waals surface area contributed by atoms with E-state index in [9.17, 15) is 4.39 Å². The summed E-state index contributed by atoms with van der Waals surface area (Å²) in [5.41, 5.74) is 6.13. The number of nitrogens with zero attached hydrogens (tertiary/aromatic N) is 4. The second kappa shape index (κ2) is 5.90. The third-order valence-electron chi connectivity index (χ3n) is 3.32. The van der Waals surface area contributed by atoms with Gasteiger partial charge in [0, 0.05) is 18.7 Å². The summed E-state index contributed by atoms with van der Waals surface area (Å²) in [6, 6.07) is 6.54. The fourth-order valence-corrected chi connectivity index (χ4v) is 2.24. The van der Waals surface area contributed by atoms with E-state index in [0.29, 0.717) is 11.5 Å². The summed E-state index contributed by atoms with van der Waals surface area (Å²) in [4.78, 5) is 14.3. The van der Waals surface area contributed by atoms with E-state index in [-0.39, 0.29) is 24.4 Å². The molecule has 0 bridgehead atoms. The van der Waals surface area contributed by atoms with Crippen LogP contribution < -0.4 is 15.4 Å². The average molecular weight is 289 g/mol. The Hall–Kier alpha value is -2.44. The molecule has 7 heteroatoms. The van der Waals surface area contributed by atoms with Crippen LogP contribution in [0, 0.1) is 5.82 Å². The van der Waals surface area contributed by atoms with E-state index in [4.69, 9.17) is 10.5 Å². The van der Waals surface area contributed by atoms with Crippen LogP contribution in [0.1, 0.15) is 18.4 Å². The van der Waals surface area contributed by atoms with Crippen molar-refractivity contribution in [2.24, 2.45) is 0 Å². The van der Waals surface area contributed by atoms with Crippen LogP contribution in [-0.2, 0) is 6.61 Å². The van der Waals surface area contributed by atoms with Crippen LogP contribution in [0.15, 0.2) is 24.3 Å². The molecule has 0 unspecified atom stereocenters. The fraction of sp³-hybridized carbons (Fsp3) is 0.357. The van der Waals surface area contributed by atoms with E-state index in [1.165, 1.54) is 6.07 Å². The minimum Gasteiger partial charge on any atom is -0.458 e. The first-order valence-electron chi connectivity index (χ1n) is 6.85. The molecule has 0 saturated carbocycles. The zero-order valence-electron chi connectivity index (χ0n) is 11.5. The molecule has 3 rings (SSSR count). The van der Waals surface area contributed by atoms with Crippen LogP contribution in [0.25, 0.3) is 0 Å². The molecule has 2 aromatic rings. The Morgan fingerprint density at radius 2 is 1.90 bits per heavy atom. The van der Waals surface area contributed by atoms with Gasteiger partial charge in [0.15, 0.2) is 0 Å². The maximum absolute atomic E-state index is 13.5. The Morgan fingerprint density at radius 1 is 1.14 bits per heavy atom. The number of rotatable bonds is 4. The second-order valence-electron chi connectivity index (χ2n) is 4.85. The number of aromatic nitrogens is 3. The highest BCUT2D eigenvalue weighted by molar-refractivity contribution is 5.36. The Morgan fingerprint density at radius 3 is 2.67 bits per heavy atom. The maximum Gasteiger partial charge on any atom is 0.323 e. The lowest BCUT2D eigenvalue weighted by molar-refractivity contribution is 0.275. The van der Waals surface area contributed by atoms with E-state index >= 15 is 0 Å². The number of ether oxygens (including phenoxy) is 1. The van der Waals surface area contributed by atoms with Crippen LogP contribution in [0.4, 0.5) is 16.3 Å². The first-order chi connectivity index (χ1) is 10.2. The number of nitrogens with two attached hydrogens (primary N) is 1. The molecule has 1 aromatic heterocycles. The maximum atomic E-state index is 13.5. The molecule has 0 aliphatic carbocycles. The van der Waals surface area contributed by atoms with Crippen molar-refractivity contribution in [1.29, 1.82) is 0 Å². The molecule has 1 aliphatic rings. The van der Waals surface area contributed by atoms with Crippen molar-refractivity contribution in [1.82, 2.24) is 15.0 Å². The number of benzene rings is 1. The van der Waals surface area contributed by atoms with Gasteiger partial charge in [-0.15, -0.1) is 0 Å². The molecule has 0 spiro atoms. The summed E-state index contributed by atoms with van der Waals surface area (Å²) >= 11 is 0. The van der Waals surface area contributed by atoms with E-state index in [1.807, 2.05) is 4.90 Å². The lowest BCUT2D eigenvalue weighted by Crippen LogP contribution is -2.21. The third-order valence-corrected chi connectivity index (χ3v) is 3.32. The Kier molecular flexibility index (Phi) is 3.81. The van der Waals surface area contributed by atoms with E-state index in [0.717, 1.165) is 25.9 Å². The van der Waals surface area contributed by atoms with Crippen molar-refractivity contribution in [2.45, 2.75) is 19.4 Å². The van der Waals surface area contributed by atoms with Gasteiger partial charge in [-0.2, -0.15) is 15.0 Å². The minimum atomic E-state index is -0.320. The predicted molar refractivity (Wildman–Crippen MR) is 76.4 cm³/mol. The summed E-state index contributed by atoms with van der Waals surface area (Å²) in [6.07, 6.45) is 2.22. The van der Waals surface area contributed by atoms with Crippen LogP contribution in [0.5, 0.6) is 6.01 Å². The van der Waals surface area contributed by atoms with Gasteiger partial charge in [-0.1, -0.05) is 18.2 Å². The summed E-state index contributed by atoms with van der Waals surface area (Å²) in [5, 5.41) is 0. The number of nitrogen functional groups attached to an aromatic ring is 1. The van der Waals surface area contributed by atoms with Gasteiger partial charge in [0.1, 0.15) is 12.4 Å². The van der Waals surface area contributed by atoms with Crippen molar-refractivity contribution in [3.05, 3.63) is 35.6 Å². The highest BCUT2D eigenvalue weighted by Crippen LogP contribution is 2.19. The van der Waals surface area contributed by atoms with Gasteiger partial charge in [-0.25, -0.2) is 4.39 Å². The first-order valence-corrected chi connectivity index (χ1v) is 6.85. The molecule has 6 nitrogen and oxygen atoms in total. The van der Waals surface area contributed by atoms with Gasteiger partial charge in [-0.3, -0.25) is 0 Å². The number of halogens is 1. The van der Waals surface area contributed by atoms with E-state index in [1.54, 1.807) is 18.2 Å². The van der Waals surface area contributed by atoms with Gasteiger partial charge >= 0.3 is 6.01 Å². The molecule has 21 heavy (non-hydrogen) atoms. The van der Waals surface area contributed by atoms with Crippen molar-refractivity contribution >= 4 is 11.9 Å². The van der Waals surface area contributed by atoms with Crippen molar-refractivity contribution in [2.75, 3.05) is 23.7 Å². The average Bonchev–Trinajstić information content (AvgIpc) is 3.00. The van der Waals surface area contributed by atoms with Crippen molar-refractivity contribution < 1.29 is 9.13 Å². The highest BCUT2D eigenvalue weighted by atomic mass is 19.1. The van der Waals surface area contributed by atoms with E-state index in [2.05, 4.69) is 15.0 Å². The molecule has 0 radical (unpaired) electrons. The number of hydrogen-bond donors (Lipinski definition) is 1. The standard InChI is InChI=1S/C14H16FN5O/c15-11-6-2-1-5-10(11)9-21-14-18-12(16)17-13(19-14)20-7-3-4-8-20/h1-2,5-6H,3-4,7-9H2,(H2,16,17,18,19). The Bertz CT molecular complexity index is 631. The lowest BCUT2D eigenvalue weighted by atomic mass is 10.2. The first kappa shape index (κ1) is 13.5. The molecule has 1 aromatic carbocycles. The quantitative estimate of drug-likeness (QED) is 0.924. The molecule has 1 saturated heterocycles. The zero-order valence-corrected chi connectivity index (χ0v) is 11.5. The summed E-state index contributed by atoms with van der Waals surface area (Å²) in [7, 11) is 0. The predicted octanol–water partition coefficient (Wildman–Crippen LogP) is 1.77. The summed E-state index contributed by atoms with van der Waals surface area (Å²) in [5.74, 6) is 0.304. The number of hydrogen-bond acceptors (Lipinski definition) is 6.